The van der Waals surface area contributed by atoms with Crippen LogP contribution in [0.5, 0.6) is 0 Å². The van der Waals surface area contributed by atoms with Crippen LogP contribution in [0.15, 0.2) is 64.2 Å². The molecule has 0 saturated carbocycles. The van der Waals surface area contributed by atoms with Gasteiger partial charge in [0.05, 0.1) is 0 Å². The molecule has 0 aliphatic carbocycles. The van der Waals surface area contributed by atoms with Crippen LogP contribution in [-0.2, 0) is 26.6 Å². The van der Waals surface area contributed by atoms with E-state index in [1.54, 1.807) is 7.05 Å². The van der Waals surface area contributed by atoms with E-state index in [0.717, 1.165) is 50.1 Å². The number of benzene rings is 2. The molecular formula is C25H27ClN6O2. The standard InChI is InChI=1S/C25H27ClN6O2/c1-29-22-21(23(33)28-25(29)34)32(12-11-18-5-3-2-4-6-18)24(27-22)31-15-13-30(14-16-31)17-19-7-9-20(26)10-8-19/h2-10H,11-17H2,1H3,(H,28,33,34). The smallest absolute Gasteiger partial charge is 0.329 e. The van der Waals surface area contributed by atoms with Crippen LogP contribution < -0.4 is 16.1 Å². The Hall–Kier alpha value is -3.36. The van der Waals surface area contributed by atoms with Gasteiger partial charge >= 0.3 is 5.69 Å². The summed E-state index contributed by atoms with van der Waals surface area (Å²) in [5.74, 6) is 0.740. The lowest BCUT2D eigenvalue weighted by Gasteiger charge is -2.35. The van der Waals surface area contributed by atoms with Gasteiger partial charge in [-0.1, -0.05) is 54.1 Å². The van der Waals surface area contributed by atoms with Crippen molar-refractivity contribution in [2.75, 3.05) is 31.1 Å². The molecule has 0 atom stereocenters. The summed E-state index contributed by atoms with van der Waals surface area (Å²) in [6.45, 7) is 4.79. The van der Waals surface area contributed by atoms with Crippen molar-refractivity contribution >= 4 is 28.7 Å². The number of hydrogen-bond acceptors (Lipinski definition) is 5. The molecule has 0 bridgehead atoms. The summed E-state index contributed by atoms with van der Waals surface area (Å²) in [6.07, 6.45) is 0.762. The number of aryl methyl sites for hydroxylation is 3. The van der Waals surface area contributed by atoms with Gasteiger partial charge in [0.25, 0.3) is 5.56 Å². The van der Waals surface area contributed by atoms with Crippen molar-refractivity contribution in [2.24, 2.45) is 7.05 Å². The summed E-state index contributed by atoms with van der Waals surface area (Å²) in [4.78, 5) is 36.8. The fourth-order valence-electron chi connectivity index (χ4n) is 4.52. The van der Waals surface area contributed by atoms with Gasteiger partial charge in [-0.25, -0.2) is 4.79 Å². The second-order valence-corrected chi connectivity index (χ2v) is 9.12. The van der Waals surface area contributed by atoms with Crippen LogP contribution in [-0.4, -0.2) is 50.2 Å². The Morgan fingerprint density at radius 3 is 2.35 bits per heavy atom. The van der Waals surface area contributed by atoms with E-state index >= 15 is 0 Å². The Labute approximate surface area is 202 Å². The molecular weight excluding hydrogens is 452 g/mol. The summed E-state index contributed by atoms with van der Waals surface area (Å²) in [7, 11) is 1.64. The van der Waals surface area contributed by atoms with Crippen LogP contribution in [0.2, 0.25) is 5.02 Å². The summed E-state index contributed by atoms with van der Waals surface area (Å²) in [6, 6.07) is 18.1. The minimum absolute atomic E-state index is 0.397. The highest BCUT2D eigenvalue weighted by molar-refractivity contribution is 6.30. The fraction of sp³-hybridized carbons (Fsp3) is 0.320. The summed E-state index contributed by atoms with van der Waals surface area (Å²) in [5.41, 5.74) is 2.42. The van der Waals surface area contributed by atoms with Crippen molar-refractivity contribution in [3.63, 3.8) is 0 Å². The molecule has 5 rings (SSSR count). The van der Waals surface area contributed by atoms with E-state index in [1.807, 2.05) is 34.9 Å². The van der Waals surface area contributed by atoms with Gasteiger partial charge in [0.15, 0.2) is 11.2 Å². The second-order valence-electron chi connectivity index (χ2n) is 8.68. The Balaban J connectivity index is 1.41. The van der Waals surface area contributed by atoms with Gasteiger partial charge in [0, 0.05) is 51.3 Å². The minimum Gasteiger partial charge on any atom is -0.340 e. The van der Waals surface area contributed by atoms with E-state index in [9.17, 15) is 9.59 Å². The number of aromatic amines is 1. The molecule has 2 aromatic carbocycles. The summed E-state index contributed by atoms with van der Waals surface area (Å²) >= 11 is 6.01. The van der Waals surface area contributed by atoms with E-state index in [-0.39, 0.29) is 0 Å². The molecule has 0 amide bonds. The Morgan fingerprint density at radius 2 is 1.65 bits per heavy atom. The molecule has 0 radical (unpaired) electrons. The third kappa shape index (κ3) is 4.51. The van der Waals surface area contributed by atoms with Crippen LogP contribution in [0.1, 0.15) is 11.1 Å². The maximum atomic E-state index is 12.8. The number of nitrogens with one attached hydrogen (secondary N) is 1. The predicted octanol–water partition coefficient (Wildman–Crippen LogP) is 2.64. The van der Waals surface area contributed by atoms with E-state index in [2.05, 4.69) is 39.0 Å². The Kier molecular flexibility index (Phi) is 6.26. The lowest BCUT2D eigenvalue weighted by molar-refractivity contribution is 0.248. The minimum atomic E-state index is -0.454. The number of hydrogen-bond donors (Lipinski definition) is 1. The normalized spacial score (nSPS) is 14.7. The molecule has 1 saturated heterocycles. The van der Waals surface area contributed by atoms with Gasteiger partial charge < -0.3 is 9.47 Å². The monoisotopic (exact) mass is 478 g/mol. The Morgan fingerprint density at radius 1 is 0.941 bits per heavy atom. The van der Waals surface area contributed by atoms with E-state index < -0.39 is 11.2 Å². The molecule has 8 nitrogen and oxygen atoms in total. The third-order valence-corrected chi connectivity index (χ3v) is 6.68. The average Bonchev–Trinajstić information content (AvgIpc) is 3.24. The fourth-order valence-corrected chi connectivity index (χ4v) is 4.64. The highest BCUT2D eigenvalue weighted by Crippen LogP contribution is 2.22. The van der Waals surface area contributed by atoms with Crippen molar-refractivity contribution in [3.05, 3.63) is 91.6 Å². The highest BCUT2D eigenvalue weighted by atomic mass is 35.5. The first-order valence-electron chi connectivity index (χ1n) is 11.4. The van der Waals surface area contributed by atoms with E-state index in [1.165, 1.54) is 15.7 Å². The van der Waals surface area contributed by atoms with Gasteiger partial charge in [-0.05, 0) is 29.7 Å². The zero-order valence-electron chi connectivity index (χ0n) is 19.1. The number of H-pyrrole nitrogens is 1. The van der Waals surface area contributed by atoms with Gasteiger partial charge in [-0.15, -0.1) is 0 Å². The molecule has 176 valence electrons. The first-order valence-corrected chi connectivity index (χ1v) is 11.8. The number of fused-ring (bicyclic) bond motifs is 1. The molecule has 4 aromatic rings. The lowest BCUT2D eigenvalue weighted by atomic mass is 10.1. The van der Waals surface area contributed by atoms with Crippen molar-refractivity contribution in [1.82, 2.24) is 24.0 Å². The molecule has 9 heteroatoms. The number of anilines is 1. The SMILES string of the molecule is Cn1c(=O)[nH]c(=O)c2c1nc(N1CCN(Cc3ccc(Cl)cc3)CC1)n2CCc1ccccc1. The Bertz CT molecular complexity index is 1400. The molecule has 1 fully saturated rings. The number of piperazine rings is 1. The van der Waals surface area contributed by atoms with Gasteiger partial charge in [-0.3, -0.25) is 19.2 Å². The molecule has 3 heterocycles. The van der Waals surface area contributed by atoms with E-state index in [0.29, 0.717) is 17.7 Å². The highest BCUT2D eigenvalue weighted by Gasteiger charge is 2.25. The number of imidazole rings is 1. The molecule has 2 aromatic heterocycles. The van der Waals surface area contributed by atoms with Crippen LogP contribution >= 0.6 is 11.6 Å². The van der Waals surface area contributed by atoms with Crippen LogP contribution in [0.3, 0.4) is 0 Å². The number of rotatable bonds is 6. The molecule has 1 aliphatic heterocycles. The maximum Gasteiger partial charge on any atom is 0.329 e. The van der Waals surface area contributed by atoms with Gasteiger partial charge in [0.2, 0.25) is 5.95 Å². The maximum absolute atomic E-state index is 12.8. The van der Waals surface area contributed by atoms with Crippen molar-refractivity contribution in [2.45, 2.75) is 19.5 Å². The average molecular weight is 479 g/mol. The largest absolute Gasteiger partial charge is 0.340 e. The van der Waals surface area contributed by atoms with Crippen LogP contribution in [0.4, 0.5) is 5.95 Å². The zero-order valence-corrected chi connectivity index (χ0v) is 19.8. The summed E-state index contributed by atoms with van der Waals surface area (Å²) < 4.78 is 3.38. The first kappa shape index (κ1) is 22.4. The van der Waals surface area contributed by atoms with E-state index in [4.69, 9.17) is 16.6 Å². The molecule has 0 unspecified atom stereocenters. The zero-order chi connectivity index (χ0) is 23.7. The molecule has 1 N–H and O–H groups in total. The summed E-state index contributed by atoms with van der Waals surface area (Å²) in [5, 5.41) is 0.743. The second kappa shape index (κ2) is 9.48. The van der Waals surface area contributed by atoms with Crippen LogP contribution in [0, 0.1) is 0 Å². The quantitative estimate of drug-likeness (QED) is 0.461. The molecule has 34 heavy (non-hydrogen) atoms. The van der Waals surface area contributed by atoms with Crippen LogP contribution in [0.25, 0.3) is 11.2 Å². The number of nitrogens with zero attached hydrogens (tertiary/aromatic N) is 5. The van der Waals surface area contributed by atoms with Crippen molar-refractivity contribution < 1.29 is 0 Å². The topological polar surface area (TPSA) is 79.2 Å². The lowest BCUT2D eigenvalue weighted by Crippen LogP contribution is -2.47. The number of aromatic nitrogens is 4. The first-order chi connectivity index (χ1) is 16.5. The number of halogens is 1. The van der Waals surface area contributed by atoms with Gasteiger partial charge in [0.1, 0.15) is 0 Å². The molecule has 0 spiro atoms. The third-order valence-electron chi connectivity index (χ3n) is 6.43. The van der Waals surface area contributed by atoms with Crippen molar-refractivity contribution in [1.29, 1.82) is 0 Å². The predicted molar refractivity (Wildman–Crippen MR) is 135 cm³/mol. The van der Waals surface area contributed by atoms with Crippen molar-refractivity contribution in [3.8, 4) is 0 Å². The van der Waals surface area contributed by atoms with Gasteiger partial charge in [-0.2, -0.15) is 4.98 Å². The molecule has 1 aliphatic rings.